The fourth-order valence-electron chi connectivity index (χ4n) is 2.79. The molecule has 7 heteroatoms. The number of aromatic nitrogens is 2. The lowest BCUT2D eigenvalue weighted by Crippen LogP contribution is -2.13. The predicted molar refractivity (Wildman–Crippen MR) is 106 cm³/mol. The van der Waals surface area contributed by atoms with Crippen LogP contribution in [0.15, 0.2) is 77.3 Å². The highest BCUT2D eigenvalue weighted by Gasteiger charge is 2.18. The molecule has 6 nitrogen and oxygen atoms in total. The molecule has 0 fully saturated rings. The molecule has 0 spiro atoms. The van der Waals surface area contributed by atoms with Crippen LogP contribution in [-0.2, 0) is 0 Å². The van der Waals surface area contributed by atoms with E-state index in [0.29, 0.717) is 34.0 Å². The summed E-state index contributed by atoms with van der Waals surface area (Å²) in [6, 6.07) is 19.7. The van der Waals surface area contributed by atoms with E-state index < -0.39 is 0 Å². The van der Waals surface area contributed by atoms with Gasteiger partial charge in [-0.3, -0.25) is 4.79 Å². The highest BCUT2D eigenvalue weighted by Crippen LogP contribution is 2.26. The molecule has 144 valence electrons. The van der Waals surface area contributed by atoms with Crippen LogP contribution in [0.1, 0.15) is 10.4 Å². The molecule has 1 N–H and O–H groups in total. The summed E-state index contributed by atoms with van der Waals surface area (Å²) in [5, 5.41) is 6.78. The highest BCUT2D eigenvalue weighted by atomic mass is 19.1. The third kappa shape index (κ3) is 3.98. The van der Waals surface area contributed by atoms with Gasteiger partial charge in [0.05, 0.1) is 18.2 Å². The van der Waals surface area contributed by atoms with Gasteiger partial charge in [-0.1, -0.05) is 17.3 Å². The zero-order valence-corrected chi connectivity index (χ0v) is 15.4. The number of methoxy groups -OCH3 is 1. The smallest absolute Gasteiger partial charge is 0.259 e. The molecule has 0 saturated carbocycles. The van der Waals surface area contributed by atoms with Crippen molar-refractivity contribution in [2.24, 2.45) is 0 Å². The van der Waals surface area contributed by atoms with Crippen molar-refractivity contribution < 1.29 is 18.4 Å². The number of nitrogens with one attached hydrogen (secondary N) is 1. The minimum atomic E-state index is -0.349. The van der Waals surface area contributed by atoms with E-state index in [1.165, 1.54) is 12.1 Å². The van der Waals surface area contributed by atoms with Gasteiger partial charge in [0.15, 0.2) is 0 Å². The van der Waals surface area contributed by atoms with Crippen LogP contribution in [0.2, 0.25) is 0 Å². The van der Waals surface area contributed by atoms with Gasteiger partial charge in [0.25, 0.3) is 11.8 Å². The minimum Gasteiger partial charge on any atom is -0.497 e. The van der Waals surface area contributed by atoms with E-state index in [9.17, 15) is 9.18 Å². The standard InChI is InChI=1S/C22H16FN3O3/c1-28-17-12-10-16(11-13-17)24-21(27)18-4-2-3-5-19(18)22-25-20(26-29-22)14-6-8-15(23)9-7-14/h2-13H,1H3,(H,24,27). The molecular weight excluding hydrogens is 373 g/mol. The number of nitrogens with zero attached hydrogens (tertiary/aromatic N) is 2. The van der Waals surface area contributed by atoms with Crippen molar-refractivity contribution in [2.45, 2.75) is 0 Å². The van der Waals surface area contributed by atoms with Crippen LogP contribution in [-0.4, -0.2) is 23.2 Å². The Morgan fingerprint density at radius 3 is 2.45 bits per heavy atom. The zero-order chi connectivity index (χ0) is 20.2. The Kier molecular flexibility index (Phi) is 5.03. The Labute approximate surface area is 166 Å². The molecular formula is C22H16FN3O3. The maximum Gasteiger partial charge on any atom is 0.259 e. The topological polar surface area (TPSA) is 77.2 Å². The summed E-state index contributed by atoms with van der Waals surface area (Å²) < 4.78 is 23.6. The first kappa shape index (κ1) is 18.4. The first-order valence-corrected chi connectivity index (χ1v) is 8.78. The molecule has 0 radical (unpaired) electrons. The number of amides is 1. The summed E-state index contributed by atoms with van der Waals surface area (Å²) in [6.07, 6.45) is 0. The quantitative estimate of drug-likeness (QED) is 0.530. The third-order valence-corrected chi connectivity index (χ3v) is 4.28. The lowest BCUT2D eigenvalue weighted by Gasteiger charge is -2.08. The van der Waals surface area contributed by atoms with Crippen LogP contribution in [0.25, 0.3) is 22.8 Å². The molecule has 0 atom stereocenters. The number of anilines is 1. The van der Waals surface area contributed by atoms with Gasteiger partial charge < -0.3 is 14.6 Å². The van der Waals surface area contributed by atoms with Gasteiger partial charge in [-0.25, -0.2) is 4.39 Å². The van der Waals surface area contributed by atoms with Gasteiger partial charge in [0.2, 0.25) is 5.82 Å². The largest absolute Gasteiger partial charge is 0.497 e. The number of carbonyl (C=O) groups is 1. The number of carbonyl (C=O) groups excluding carboxylic acids is 1. The van der Waals surface area contributed by atoms with Crippen molar-refractivity contribution in [2.75, 3.05) is 12.4 Å². The molecule has 0 aliphatic rings. The van der Waals surface area contributed by atoms with Crippen molar-refractivity contribution in [3.8, 4) is 28.6 Å². The number of halogens is 1. The first-order chi connectivity index (χ1) is 14.1. The molecule has 4 rings (SSSR count). The lowest BCUT2D eigenvalue weighted by atomic mass is 10.1. The van der Waals surface area contributed by atoms with Gasteiger partial charge >= 0.3 is 0 Å². The number of ether oxygens (including phenoxy) is 1. The fourth-order valence-corrected chi connectivity index (χ4v) is 2.79. The van der Waals surface area contributed by atoms with Crippen molar-refractivity contribution in [1.29, 1.82) is 0 Å². The SMILES string of the molecule is COc1ccc(NC(=O)c2ccccc2-c2nc(-c3ccc(F)cc3)no2)cc1. The van der Waals surface area contributed by atoms with E-state index >= 15 is 0 Å². The van der Waals surface area contributed by atoms with Gasteiger partial charge in [-0.15, -0.1) is 0 Å². The molecule has 3 aromatic carbocycles. The summed E-state index contributed by atoms with van der Waals surface area (Å²) in [4.78, 5) is 17.2. The van der Waals surface area contributed by atoms with Crippen LogP contribution in [0.3, 0.4) is 0 Å². The summed E-state index contributed by atoms with van der Waals surface area (Å²) >= 11 is 0. The first-order valence-electron chi connectivity index (χ1n) is 8.78. The molecule has 0 bridgehead atoms. The molecule has 1 amide bonds. The van der Waals surface area contributed by atoms with Gasteiger partial charge in [-0.05, 0) is 60.7 Å². The second-order valence-corrected chi connectivity index (χ2v) is 6.16. The molecule has 29 heavy (non-hydrogen) atoms. The average Bonchev–Trinajstić information content (AvgIpc) is 3.25. The van der Waals surface area contributed by atoms with Gasteiger partial charge in [0.1, 0.15) is 11.6 Å². The average molecular weight is 389 g/mol. The second kappa shape index (κ2) is 7.93. The summed E-state index contributed by atoms with van der Waals surface area (Å²) in [6.45, 7) is 0. The second-order valence-electron chi connectivity index (χ2n) is 6.16. The normalized spacial score (nSPS) is 10.6. The molecule has 1 heterocycles. The van der Waals surface area contributed by atoms with Crippen LogP contribution in [0.4, 0.5) is 10.1 Å². The number of rotatable bonds is 5. The number of benzene rings is 3. The number of hydrogen-bond donors (Lipinski definition) is 1. The predicted octanol–water partition coefficient (Wildman–Crippen LogP) is 4.80. The Morgan fingerprint density at radius 1 is 1.00 bits per heavy atom. The molecule has 0 aliphatic heterocycles. The molecule has 0 saturated heterocycles. The summed E-state index contributed by atoms with van der Waals surface area (Å²) in [5.41, 5.74) is 2.13. The third-order valence-electron chi connectivity index (χ3n) is 4.28. The summed E-state index contributed by atoms with van der Waals surface area (Å²) in [7, 11) is 1.58. The van der Waals surface area contributed by atoms with Crippen molar-refractivity contribution in [3.63, 3.8) is 0 Å². The Hall–Kier alpha value is -4.00. The monoisotopic (exact) mass is 389 g/mol. The maximum atomic E-state index is 13.1. The molecule has 4 aromatic rings. The van der Waals surface area contributed by atoms with E-state index in [0.717, 1.165) is 0 Å². The van der Waals surface area contributed by atoms with E-state index in [2.05, 4.69) is 15.5 Å². The van der Waals surface area contributed by atoms with E-state index in [4.69, 9.17) is 9.26 Å². The molecule has 0 aliphatic carbocycles. The Balaban J connectivity index is 1.61. The number of hydrogen-bond acceptors (Lipinski definition) is 5. The van der Waals surface area contributed by atoms with Crippen LogP contribution < -0.4 is 10.1 Å². The van der Waals surface area contributed by atoms with E-state index in [-0.39, 0.29) is 17.6 Å². The van der Waals surface area contributed by atoms with Crippen molar-refractivity contribution >= 4 is 11.6 Å². The lowest BCUT2D eigenvalue weighted by molar-refractivity contribution is 0.102. The van der Waals surface area contributed by atoms with Crippen molar-refractivity contribution in [1.82, 2.24) is 10.1 Å². The highest BCUT2D eigenvalue weighted by molar-refractivity contribution is 6.08. The van der Waals surface area contributed by atoms with E-state index in [1.807, 2.05) is 0 Å². The zero-order valence-electron chi connectivity index (χ0n) is 15.4. The van der Waals surface area contributed by atoms with Crippen LogP contribution >= 0.6 is 0 Å². The summed E-state index contributed by atoms with van der Waals surface area (Å²) in [5.74, 6) is 0.545. The fraction of sp³-hybridized carbons (Fsp3) is 0.0455. The van der Waals surface area contributed by atoms with Crippen LogP contribution in [0, 0.1) is 5.82 Å². The Morgan fingerprint density at radius 2 is 1.72 bits per heavy atom. The van der Waals surface area contributed by atoms with Gasteiger partial charge in [-0.2, -0.15) is 4.98 Å². The van der Waals surface area contributed by atoms with Crippen molar-refractivity contribution in [3.05, 3.63) is 84.2 Å². The van der Waals surface area contributed by atoms with Gasteiger partial charge in [0, 0.05) is 11.3 Å². The maximum absolute atomic E-state index is 13.1. The van der Waals surface area contributed by atoms with Crippen LogP contribution in [0.5, 0.6) is 5.75 Å². The minimum absolute atomic E-state index is 0.199. The molecule has 0 unspecified atom stereocenters. The Bertz CT molecular complexity index is 1140. The van der Waals surface area contributed by atoms with E-state index in [1.54, 1.807) is 67.8 Å². The molecule has 1 aromatic heterocycles.